The molecule has 0 saturated carbocycles. The summed E-state index contributed by atoms with van der Waals surface area (Å²) in [5.41, 5.74) is 4.54. The van der Waals surface area contributed by atoms with Crippen LogP contribution in [0.15, 0.2) is 48.5 Å². The third-order valence-corrected chi connectivity index (χ3v) is 9.14. The number of rotatable bonds is 7. The first-order valence-corrected chi connectivity index (χ1v) is 14.5. The van der Waals surface area contributed by atoms with E-state index in [1.54, 1.807) is 10.8 Å². The average Bonchev–Trinajstić information content (AvgIpc) is 3.16. The largest absolute Gasteiger partial charge is 0.480 e. The number of aliphatic carboxylic acids is 1. The molecule has 2 aromatic rings. The highest BCUT2D eigenvalue weighted by atomic mass is 33.1. The van der Waals surface area contributed by atoms with Crippen LogP contribution in [0.3, 0.4) is 0 Å². The zero-order valence-corrected chi connectivity index (χ0v) is 22.7. The van der Waals surface area contributed by atoms with Crippen molar-refractivity contribution in [2.75, 3.05) is 25.4 Å². The minimum Gasteiger partial charge on any atom is -0.480 e. The Morgan fingerprint density at radius 3 is 2.08 bits per heavy atom. The number of amides is 1. The highest BCUT2D eigenvalue weighted by molar-refractivity contribution is 8.77. The molecule has 2 aliphatic rings. The lowest BCUT2D eigenvalue weighted by atomic mass is 9.98. The maximum atomic E-state index is 12.3. The first-order chi connectivity index (χ1) is 17.2. The van der Waals surface area contributed by atoms with Crippen molar-refractivity contribution in [3.05, 3.63) is 59.7 Å². The van der Waals surface area contributed by atoms with Crippen molar-refractivity contribution in [1.29, 1.82) is 0 Å². The highest BCUT2D eigenvalue weighted by Crippen LogP contribution is 2.44. The van der Waals surface area contributed by atoms with E-state index in [0.717, 1.165) is 48.2 Å². The molecule has 36 heavy (non-hydrogen) atoms. The van der Waals surface area contributed by atoms with E-state index in [2.05, 4.69) is 43.5 Å². The quantitative estimate of drug-likeness (QED) is 0.374. The van der Waals surface area contributed by atoms with Gasteiger partial charge < -0.3 is 25.6 Å². The van der Waals surface area contributed by atoms with Crippen LogP contribution in [0.4, 0.5) is 4.79 Å². The Bertz CT molecular complexity index is 976. The van der Waals surface area contributed by atoms with E-state index >= 15 is 0 Å². The van der Waals surface area contributed by atoms with Crippen molar-refractivity contribution in [3.63, 3.8) is 0 Å². The molecular formula is C27H36N2O5S2. The molecule has 4 N–H and O–H groups in total. The maximum absolute atomic E-state index is 12.3. The van der Waals surface area contributed by atoms with Crippen molar-refractivity contribution in [2.24, 2.45) is 0 Å². The number of hydrogen-bond acceptors (Lipinski definition) is 7. The smallest absolute Gasteiger partial charge is 0.407 e. The van der Waals surface area contributed by atoms with Crippen LogP contribution in [-0.2, 0) is 9.53 Å². The Balaban J connectivity index is 0.000000444. The van der Waals surface area contributed by atoms with Gasteiger partial charge in [-0.25, -0.2) is 9.59 Å². The summed E-state index contributed by atoms with van der Waals surface area (Å²) in [4.78, 5) is 23.8. The van der Waals surface area contributed by atoms with Crippen molar-refractivity contribution in [3.8, 4) is 11.1 Å². The summed E-state index contributed by atoms with van der Waals surface area (Å²) in [5, 5.41) is 23.9. The van der Waals surface area contributed by atoms with Gasteiger partial charge in [-0.2, -0.15) is 0 Å². The van der Waals surface area contributed by atoms with Gasteiger partial charge in [0.2, 0.25) is 0 Å². The highest BCUT2D eigenvalue weighted by Gasteiger charge is 2.30. The molecule has 1 amide bonds. The van der Waals surface area contributed by atoms with Crippen LogP contribution in [0.1, 0.15) is 50.7 Å². The molecular weight excluding hydrogens is 496 g/mol. The number of carbonyl (C=O) groups is 2. The summed E-state index contributed by atoms with van der Waals surface area (Å²) < 4.78 is 5.45. The fourth-order valence-electron chi connectivity index (χ4n) is 4.04. The topological polar surface area (TPSA) is 108 Å². The van der Waals surface area contributed by atoms with Crippen molar-refractivity contribution >= 4 is 33.7 Å². The van der Waals surface area contributed by atoms with Crippen LogP contribution < -0.4 is 10.6 Å². The van der Waals surface area contributed by atoms with Gasteiger partial charge in [-0.1, -0.05) is 90.9 Å². The fourth-order valence-corrected chi connectivity index (χ4v) is 6.50. The molecule has 1 saturated heterocycles. The molecule has 0 radical (unpaired) electrons. The number of ether oxygens (including phenoxy) is 1. The number of hydrogen-bond donors (Lipinski definition) is 4. The first kappa shape index (κ1) is 28.4. The number of carbonyl (C=O) groups excluding carboxylic acids is 1. The Hall–Kier alpha value is -2.20. The molecule has 0 spiro atoms. The third kappa shape index (κ3) is 8.44. The molecule has 9 heteroatoms. The normalized spacial score (nSPS) is 16.2. The number of nitrogens with one attached hydrogen (secondary N) is 2. The van der Waals surface area contributed by atoms with Gasteiger partial charge in [0.1, 0.15) is 12.6 Å². The predicted octanol–water partition coefficient (Wildman–Crippen LogP) is 4.89. The van der Waals surface area contributed by atoms with E-state index < -0.39 is 18.1 Å². The van der Waals surface area contributed by atoms with Gasteiger partial charge in [-0.3, -0.25) is 0 Å². The molecule has 1 heterocycles. The lowest BCUT2D eigenvalue weighted by molar-refractivity contribution is -0.138. The van der Waals surface area contributed by atoms with Crippen molar-refractivity contribution in [1.82, 2.24) is 10.6 Å². The zero-order chi connectivity index (χ0) is 26.1. The van der Waals surface area contributed by atoms with Gasteiger partial charge in [0.15, 0.2) is 0 Å². The number of aliphatic hydroxyl groups excluding tert-OH is 1. The van der Waals surface area contributed by atoms with Gasteiger partial charge in [0, 0.05) is 16.4 Å². The Morgan fingerprint density at radius 1 is 1.06 bits per heavy atom. The van der Waals surface area contributed by atoms with Crippen molar-refractivity contribution in [2.45, 2.75) is 56.4 Å². The monoisotopic (exact) mass is 532 g/mol. The van der Waals surface area contributed by atoms with Crippen LogP contribution in [0, 0.1) is 0 Å². The van der Waals surface area contributed by atoms with Gasteiger partial charge in [-0.15, -0.1) is 0 Å². The van der Waals surface area contributed by atoms with E-state index in [1.165, 1.54) is 10.8 Å². The van der Waals surface area contributed by atoms with Gasteiger partial charge in [0.05, 0.1) is 6.10 Å². The van der Waals surface area contributed by atoms with E-state index in [-0.39, 0.29) is 29.1 Å². The van der Waals surface area contributed by atoms with Crippen LogP contribution in [0.2, 0.25) is 0 Å². The summed E-state index contributed by atoms with van der Waals surface area (Å²) in [7, 11) is 3.01. The number of fused-ring (bicyclic) bond motifs is 3. The summed E-state index contributed by atoms with van der Waals surface area (Å²) in [5.74, 6) is -0.857. The van der Waals surface area contributed by atoms with Crippen LogP contribution >= 0.6 is 21.6 Å². The lowest BCUT2D eigenvalue weighted by Crippen LogP contribution is -2.43. The Morgan fingerprint density at radius 2 is 1.61 bits per heavy atom. The molecule has 7 nitrogen and oxygen atoms in total. The second kappa shape index (κ2) is 13.4. The summed E-state index contributed by atoms with van der Waals surface area (Å²) in [6.45, 7) is 8.30. The second-order valence-corrected chi connectivity index (χ2v) is 13.0. The van der Waals surface area contributed by atoms with E-state index in [4.69, 9.17) is 9.84 Å². The first-order valence-electron chi connectivity index (χ1n) is 12.2. The molecule has 1 atom stereocenters. The SMILES string of the molecule is CC(C)(C)SSC[C@H](NC(=O)OCC1c2ccccc2-c2ccccc21)C(=O)O.OC1CCNCC1. The van der Waals surface area contributed by atoms with Crippen molar-refractivity contribution < 1.29 is 24.5 Å². The third-order valence-electron chi connectivity index (χ3n) is 5.79. The minimum absolute atomic E-state index is 0.0114. The zero-order valence-electron chi connectivity index (χ0n) is 21.0. The molecule has 1 fully saturated rings. The maximum Gasteiger partial charge on any atom is 0.407 e. The fraction of sp³-hybridized carbons (Fsp3) is 0.481. The molecule has 0 aromatic heterocycles. The van der Waals surface area contributed by atoms with Crippen LogP contribution in [0.5, 0.6) is 0 Å². The predicted molar refractivity (Wildman–Crippen MR) is 148 cm³/mol. The Labute approximate surface area is 221 Å². The lowest BCUT2D eigenvalue weighted by Gasteiger charge is -2.19. The molecule has 2 aromatic carbocycles. The summed E-state index contributed by atoms with van der Waals surface area (Å²) >= 11 is 0. The number of alkyl carbamates (subject to hydrolysis) is 1. The van der Waals surface area contributed by atoms with E-state index in [1.807, 2.05) is 36.4 Å². The van der Waals surface area contributed by atoms with Gasteiger partial charge in [0.25, 0.3) is 0 Å². The second-order valence-electron chi connectivity index (χ2n) is 9.82. The molecule has 0 unspecified atom stereocenters. The number of piperidine rings is 1. The van der Waals surface area contributed by atoms with Gasteiger partial charge in [-0.05, 0) is 48.2 Å². The summed E-state index contributed by atoms with van der Waals surface area (Å²) in [6.07, 6.45) is 1.13. The van der Waals surface area contributed by atoms with E-state index in [0.29, 0.717) is 0 Å². The van der Waals surface area contributed by atoms with Crippen LogP contribution in [-0.4, -0.2) is 64.6 Å². The molecule has 4 rings (SSSR count). The van der Waals surface area contributed by atoms with E-state index in [9.17, 15) is 14.7 Å². The number of benzene rings is 2. The van der Waals surface area contributed by atoms with Crippen LogP contribution in [0.25, 0.3) is 11.1 Å². The molecule has 1 aliphatic carbocycles. The molecule has 0 bridgehead atoms. The average molecular weight is 533 g/mol. The number of aliphatic hydroxyl groups is 1. The van der Waals surface area contributed by atoms with Gasteiger partial charge >= 0.3 is 12.1 Å². The molecule has 1 aliphatic heterocycles. The Kier molecular flexibility index (Phi) is 10.5. The minimum atomic E-state index is -1.07. The standard InChI is InChI=1S/C22H25NO4S2.C5H11NO/c1-22(2,3)29-28-13-19(20(24)25)23-21(26)27-12-18-16-10-6-4-8-14(16)15-9-5-7-11-17(15)18;7-5-1-3-6-4-2-5/h4-11,18-19H,12-13H2,1-3H3,(H,23,26)(H,24,25);5-7H,1-4H2/t19-;/m0./s1. The number of carboxylic acids is 1. The summed E-state index contributed by atoms with van der Waals surface area (Å²) in [6, 6.07) is 15.2. The number of carboxylic acid groups (broad SMARTS) is 1. The molecule has 196 valence electrons.